The van der Waals surface area contributed by atoms with Gasteiger partial charge in [-0.3, -0.25) is 4.90 Å². The van der Waals surface area contributed by atoms with E-state index >= 15 is 0 Å². The van der Waals surface area contributed by atoms with Crippen molar-refractivity contribution in [2.75, 3.05) is 20.8 Å². The van der Waals surface area contributed by atoms with Gasteiger partial charge >= 0.3 is 0 Å². The minimum atomic E-state index is 0.276. The molecule has 1 atom stereocenters. The van der Waals surface area contributed by atoms with Crippen molar-refractivity contribution < 1.29 is 9.47 Å². The van der Waals surface area contributed by atoms with Gasteiger partial charge in [0.2, 0.25) is 0 Å². The molecular weight excluding hydrogens is 288 g/mol. The molecule has 1 heterocycles. The first-order valence-electron chi connectivity index (χ1n) is 7.91. The summed E-state index contributed by atoms with van der Waals surface area (Å²) in [6, 6.07) is 12.9. The molecule has 0 radical (unpaired) electrons. The Kier molecular flexibility index (Phi) is 4.55. The molecule has 0 fully saturated rings. The lowest BCUT2D eigenvalue weighted by atomic mass is 10.0. The summed E-state index contributed by atoms with van der Waals surface area (Å²) in [6.07, 6.45) is 0. The highest BCUT2D eigenvalue weighted by Gasteiger charge is 2.29. The summed E-state index contributed by atoms with van der Waals surface area (Å²) < 4.78 is 10.7. The second kappa shape index (κ2) is 6.60. The summed E-state index contributed by atoms with van der Waals surface area (Å²) >= 11 is 0. The first kappa shape index (κ1) is 15.8. The third-order valence-electron chi connectivity index (χ3n) is 4.66. The lowest BCUT2D eigenvalue weighted by Crippen LogP contribution is -2.27. The maximum absolute atomic E-state index is 6.06. The molecule has 1 unspecified atom stereocenters. The minimum absolute atomic E-state index is 0.276. The molecule has 23 heavy (non-hydrogen) atoms. The second-order valence-corrected chi connectivity index (χ2v) is 5.99. The van der Waals surface area contributed by atoms with Gasteiger partial charge in [-0.05, 0) is 41.3 Å². The van der Waals surface area contributed by atoms with Gasteiger partial charge in [0.1, 0.15) is 0 Å². The Bertz CT molecular complexity index is 700. The van der Waals surface area contributed by atoms with E-state index in [4.69, 9.17) is 15.2 Å². The molecule has 0 aliphatic carbocycles. The molecular formula is C19H24N2O2. The molecule has 2 aromatic rings. The van der Waals surface area contributed by atoms with Crippen LogP contribution in [0.25, 0.3) is 0 Å². The van der Waals surface area contributed by atoms with Crippen LogP contribution < -0.4 is 15.2 Å². The quantitative estimate of drug-likeness (QED) is 0.922. The van der Waals surface area contributed by atoms with Gasteiger partial charge in [0.15, 0.2) is 11.5 Å². The van der Waals surface area contributed by atoms with Crippen molar-refractivity contribution >= 4 is 0 Å². The largest absolute Gasteiger partial charge is 0.493 e. The summed E-state index contributed by atoms with van der Waals surface area (Å²) in [5.74, 6) is 1.52. The van der Waals surface area contributed by atoms with Crippen molar-refractivity contribution in [3.8, 4) is 11.5 Å². The number of benzene rings is 2. The molecule has 0 bridgehead atoms. The number of nitrogens with zero attached hydrogens (tertiary/aromatic N) is 1. The van der Waals surface area contributed by atoms with Crippen LogP contribution in [0.15, 0.2) is 36.4 Å². The van der Waals surface area contributed by atoms with Crippen molar-refractivity contribution in [2.24, 2.45) is 5.73 Å². The molecule has 2 aromatic carbocycles. The number of hydrogen-bond donors (Lipinski definition) is 1. The topological polar surface area (TPSA) is 47.7 Å². The third kappa shape index (κ3) is 2.92. The zero-order chi connectivity index (χ0) is 16.4. The highest BCUT2D eigenvalue weighted by atomic mass is 16.5. The Morgan fingerprint density at radius 3 is 2.61 bits per heavy atom. The molecule has 122 valence electrons. The highest BCUT2D eigenvalue weighted by Crippen LogP contribution is 2.36. The van der Waals surface area contributed by atoms with E-state index < -0.39 is 0 Å². The van der Waals surface area contributed by atoms with Crippen LogP contribution in [0, 0.1) is 6.92 Å². The Morgan fingerprint density at radius 2 is 1.91 bits per heavy atom. The van der Waals surface area contributed by atoms with Gasteiger partial charge in [0, 0.05) is 25.7 Å². The summed E-state index contributed by atoms with van der Waals surface area (Å²) in [6.45, 7) is 4.59. The molecule has 0 spiro atoms. The molecule has 4 heteroatoms. The summed E-state index contributed by atoms with van der Waals surface area (Å²) in [5.41, 5.74) is 11.4. The fraction of sp³-hybridized carbons (Fsp3) is 0.368. The molecule has 4 nitrogen and oxygen atoms in total. The fourth-order valence-corrected chi connectivity index (χ4v) is 3.42. The van der Waals surface area contributed by atoms with Crippen molar-refractivity contribution in [1.82, 2.24) is 4.90 Å². The molecule has 0 saturated heterocycles. The number of rotatable bonds is 5. The molecule has 0 aromatic heterocycles. The lowest BCUT2D eigenvalue weighted by molar-refractivity contribution is 0.210. The lowest BCUT2D eigenvalue weighted by Gasteiger charge is -2.24. The number of ether oxygens (including phenoxy) is 2. The van der Waals surface area contributed by atoms with E-state index in [1.807, 2.05) is 12.1 Å². The SMILES string of the molecule is COc1ccc(CN2Cc3c(C)cccc3C2CN)cc1OC. The average Bonchev–Trinajstić information content (AvgIpc) is 2.93. The van der Waals surface area contributed by atoms with E-state index in [1.165, 1.54) is 22.3 Å². The van der Waals surface area contributed by atoms with Crippen LogP contribution in [0.4, 0.5) is 0 Å². The Balaban J connectivity index is 1.85. The van der Waals surface area contributed by atoms with E-state index in [2.05, 4.69) is 36.1 Å². The molecule has 0 saturated carbocycles. The highest BCUT2D eigenvalue weighted by molar-refractivity contribution is 5.44. The van der Waals surface area contributed by atoms with Crippen molar-refractivity contribution in [3.05, 3.63) is 58.7 Å². The molecule has 1 aliphatic heterocycles. The number of aryl methyl sites for hydroxylation is 1. The average molecular weight is 312 g/mol. The van der Waals surface area contributed by atoms with Gasteiger partial charge in [0.25, 0.3) is 0 Å². The standard InChI is InChI=1S/C19H24N2O2/c1-13-5-4-6-15-16(13)12-21(17(15)10-20)11-14-7-8-18(22-2)19(9-14)23-3/h4-9,17H,10-12,20H2,1-3H3. The van der Waals surface area contributed by atoms with Gasteiger partial charge < -0.3 is 15.2 Å². The molecule has 0 amide bonds. The monoisotopic (exact) mass is 312 g/mol. The third-order valence-corrected chi connectivity index (χ3v) is 4.66. The van der Waals surface area contributed by atoms with E-state index in [9.17, 15) is 0 Å². The van der Waals surface area contributed by atoms with Crippen molar-refractivity contribution in [1.29, 1.82) is 0 Å². The van der Waals surface area contributed by atoms with Crippen molar-refractivity contribution in [2.45, 2.75) is 26.1 Å². The maximum Gasteiger partial charge on any atom is 0.161 e. The zero-order valence-electron chi connectivity index (χ0n) is 14.0. The Labute approximate surface area is 137 Å². The van der Waals surface area contributed by atoms with Crippen LogP contribution in [0.1, 0.15) is 28.3 Å². The minimum Gasteiger partial charge on any atom is -0.493 e. The van der Waals surface area contributed by atoms with Crippen LogP contribution in [0.2, 0.25) is 0 Å². The van der Waals surface area contributed by atoms with Crippen LogP contribution in [0.3, 0.4) is 0 Å². The van der Waals surface area contributed by atoms with E-state index in [0.29, 0.717) is 6.54 Å². The van der Waals surface area contributed by atoms with Gasteiger partial charge in [0.05, 0.1) is 14.2 Å². The maximum atomic E-state index is 6.06. The summed E-state index contributed by atoms with van der Waals surface area (Å²) in [5, 5.41) is 0. The van der Waals surface area contributed by atoms with Crippen LogP contribution in [0.5, 0.6) is 11.5 Å². The fourth-order valence-electron chi connectivity index (χ4n) is 3.42. The normalized spacial score (nSPS) is 17.1. The summed E-state index contributed by atoms with van der Waals surface area (Å²) in [7, 11) is 3.32. The van der Waals surface area contributed by atoms with Crippen LogP contribution in [-0.4, -0.2) is 25.7 Å². The predicted octanol–water partition coefficient (Wildman–Crippen LogP) is 3.03. The number of hydrogen-bond acceptors (Lipinski definition) is 4. The molecule has 2 N–H and O–H groups in total. The predicted molar refractivity (Wildman–Crippen MR) is 91.8 cm³/mol. The van der Waals surface area contributed by atoms with Gasteiger partial charge in [-0.2, -0.15) is 0 Å². The molecule has 3 rings (SSSR count). The van der Waals surface area contributed by atoms with Gasteiger partial charge in [-0.15, -0.1) is 0 Å². The van der Waals surface area contributed by atoms with E-state index in [1.54, 1.807) is 14.2 Å². The number of nitrogens with two attached hydrogens (primary N) is 1. The van der Waals surface area contributed by atoms with Crippen LogP contribution in [-0.2, 0) is 13.1 Å². The van der Waals surface area contributed by atoms with E-state index in [0.717, 1.165) is 24.6 Å². The van der Waals surface area contributed by atoms with Gasteiger partial charge in [-0.25, -0.2) is 0 Å². The van der Waals surface area contributed by atoms with E-state index in [-0.39, 0.29) is 6.04 Å². The Morgan fingerprint density at radius 1 is 1.13 bits per heavy atom. The molecule has 1 aliphatic rings. The second-order valence-electron chi connectivity index (χ2n) is 5.99. The van der Waals surface area contributed by atoms with Crippen molar-refractivity contribution in [3.63, 3.8) is 0 Å². The zero-order valence-corrected chi connectivity index (χ0v) is 14.0. The van der Waals surface area contributed by atoms with Crippen LogP contribution >= 0.6 is 0 Å². The first-order valence-corrected chi connectivity index (χ1v) is 7.91. The summed E-state index contributed by atoms with van der Waals surface area (Å²) in [4.78, 5) is 2.43. The Hall–Kier alpha value is -2.04. The first-order chi connectivity index (χ1) is 11.2. The number of methoxy groups -OCH3 is 2. The smallest absolute Gasteiger partial charge is 0.161 e. The number of fused-ring (bicyclic) bond motifs is 1. The van der Waals surface area contributed by atoms with Gasteiger partial charge in [-0.1, -0.05) is 24.3 Å².